The minimum atomic E-state index is -4.01. The third kappa shape index (κ3) is 4.20. The summed E-state index contributed by atoms with van der Waals surface area (Å²) in [4.78, 5) is 0. The molecule has 0 saturated heterocycles. The van der Waals surface area contributed by atoms with Gasteiger partial charge in [-0.2, -0.15) is 8.42 Å². The lowest BCUT2D eigenvalue weighted by atomic mass is 10.1. The van der Waals surface area contributed by atoms with Gasteiger partial charge in [-0.3, -0.25) is 4.55 Å². The third-order valence-corrected chi connectivity index (χ3v) is 2.99. The van der Waals surface area contributed by atoms with Crippen molar-refractivity contribution in [2.45, 2.75) is 31.9 Å². The molecular formula is C11H16O4S. The first kappa shape index (κ1) is 13.0. The van der Waals surface area contributed by atoms with Crippen LogP contribution in [0.1, 0.15) is 30.9 Å². The largest absolute Gasteiger partial charge is 0.508 e. The van der Waals surface area contributed by atoms with E-state index in [1.165, 1.54) is 12.1 Å². The Morgan fingerprint density at radius 2 is 2.00 bits per heavy atom. The average molecular weight is 244 g/mol. The highest BCUT2D eigenvalue weighted by Crippen LogP contribution is 2.21. The molecule has 0 saturated carbocycles. The predicted molar refractivity (Wildman–Crippen MR) is 62.0 cm³/mol. The normalized spacial score (nSPS) is 11.6. The molecule has 0 bridgehead atoms. The van der Waals surface area contributed by atoms with Crippen molar-refractivity contribution in [1.29, 1.82) is 0 Å². The number of phenols is 1. The molecule has 90 valence electrons. The summed E-state index contributed by atoms with van der Waals surface area (Å²) in [5, 5.41) is 9.55. The summed E-state index contributed by atoms with van der Waals surface area (Å²) in [6.07, 6.45) is 2.65. The number of phenolic OH excluding ortho intramolecular Hbond substituents is 1. The van der Waals surface area contributed by atoms with E-state index in [0.29, 0.717) is 12.0 Å². The van der Waals surface area contributed by atoms with E-state index in [4.69, 9.17) is 4.55 Å². The first-order chi connectivity index (χ1) is 7.42. The molecule has 0 spiro atoms. The van der Waals surface area contributed by atoms with Crippen LogP contribution in [0, 0.1) is 0 Å². The number of unbranched alkanes of at least 4 members (excludes halogenated alkanes) is 1. The zero-order valence-corrected chi connectivity index (χ0v) is 10.00. The number of hydrogen-bond acceptors (Lipinski definition) is 3. The van der Waals surface area contributed by atoms with Crippen LogP contribution >= 0.6 is 0 Å². The number of benzene rings is 1. The summed E-state index contributed by atoms with van der Waals surface area (Å²) in [7, 11) is -4.01. The van der Waals surface area contributed by atoms with Crippen LogP contribution in [0.5, 0.6) is 5.75 Å². The van der Waals surface area contributed by atoms with E-state index in [1.54, 1.807) is 6.07 Å². The van der Waals surface area contributed by atoms with Crippen molar-refractivity contribution in [2.24, 2.45) is 0 Å². The highest BCUT2D eigenvalue weighted by molar-refractivity contribution is 7.85. The van der Waals surface area contributed by atoms with Crippen LogP contribution in [0.25, 0.3) is 0 Å². The fraction of sp³-hybridized carbons (Fsp3) is 0.455. The van der Waals surface area contributed by atoms with Crippen molar-refractivity contribution in [3.05, 3.63) is 29.3 Å². The molecular weight excluding hydrogens is 228 g/mol. The topological polar surface area (TPSA) is 74.6 Å². The fourth-order valence-electron chi connectivity index (χ4n) is 1.51. The van der Waals surface area contributed by atoms with Gasteiger partial charge in [-0.15, -0.1) is 0 Å². The highest BCUT2D eigenvalue weighted by Gasteiger charge is 2.09. The highest BCUT2D eigenvalue weighted by atomic mass is 32.2. The number of aryl methyl sites for hydroxylation is 1. The van der Waals surface area contributed by atoms with Gasteiger partial charge in [-0.25, -0.2) is 0 Å². The van der Waals surface area contributed by atoms with E-state index in [-0.39, 0.29) is 5.75 Å². The Morgan fingerprint density at radius 3 is 2.56 bits per heavy atom. The Morgan fingerprint density at radius 1 is 1.31 bits per heavy atom. The molecule has 1 aromatic rings. The lowest BCUT2D eigenvalue weighted by Gasteiger charge is -2.06. The Hall–Kier alpha value is -1.07. The smallest absolute Gasteiger partial charge is 0.269 e. The van der Waals surface area contributed by atoms with Crippen LogP contribution in [-0.2, 0) is 22.3 Å². The van der Waals surface area contributed by atoms with E-state index in [1.807, 2.05) is 6.92 Å². The Kier molecular flexibility index (Phi) is 4.32. The van der Waals surface area contributed by atoms with Gasteiger partial charge >= 0.3 is 0 Å². The van der Waals surface area contributed by atoms with Gasteiger partial charge in [-0.1, -0.05) is 25.5 Å². The quantitative estimate of drug-likeness (QED) is 0.778. The van der Waals surface area contributed by atoms with Crippen LogP contribution in [0.3, 0.4) is 0 Å². The van der Waals surface area contributed by atoms with Gasteiger partial charge in [0.1, 0.15) is 11.5 Å². The molecule has 0 aromatic heterocycles. The van der Waals surface area contributed by atoms with Crippen molar-refractivity contribution in [3.63, 3.8) is 0 Å². The Balaban J connectivity index is 2.89. The second kappa shape index (κ2) is 5.32. The van der Waals surface area contributed by atoms with Crippen LogP contribution < -0.4 is 0 Å². The maximum atomic E-state index is 10.7. The molecule has 2 N–H and O–H groups in total. The molecule has 0 atom stereocenters. The van der Waals surface area contributed by atoms with Gasteiger partial charge in [0.15, 0.2) is 0 Å². The van der Waals surface area contributed by atoms with Crippen LogP contribution in [0.2, 0.25) is 0 Å². The van der Waals surface area contributed by atoms with Crippen molar-refractivity contribution < 1.29 is 18.1 Å². The van der Waals surface area contributed by atoms with Gasteiger partial charge in [0.05, 0.1) is 0 Å². The summed E-state index contributed by atoms with van der Waals surface area (Å²) in [6.45, 7) is 2.04. The predicted octanol–water partition coefficient (Wildman–Crippen LogP) is 2.12. The summed E-state index contributed by atoms with van der Waals surface area (Å²) in [5.41, 5.74) is 1.22. The van der Waals surface area contributed by atoms with Gasteiger partial charge in [-0.05, 0) is 30.0 Å². The van der Waals surface area contributed by atoms with Crippen molar-refractivity contribution in [3.8, 4) is 5.75 Å². The zero-order chi connectivity index (χ0) is 12.2. The molecule has 0 unspecified atom stereocenters. The first-order valence-electron chi connectivity index (χ1n) is 5.18. The maximum Gasteiger partial charge on any atom is 0.269 e. The Labute approximate surface area is 95.7 Å². The fourth-order valence-corrected chi connectivity index (χ4v) is 2.11. The SMILES string of the molecule is CCCCc1cc(CS(=O)(=O)O)ccc1O. The van der Waals surface area contributed by atoms with E-state index < -0.39 is 15.9 Å². The molecule has 0 aliphatic rings. The van der Waals surface area contributed by atoms with Gasteiger partial charge < -0.3 is 5.11 Å². The second-order valence-corrected chi connectivity index (χ2v) is 5.25. The van der Waals surface area contributed by atoms with E-state index in [0.717, 1.165) is 18.4 Å². The van der Waals surface area contributed by atoms with E-state index in [9.17, 15) is 13.5 Å². The molecule has 0 heterocycles. The molecule has 16 heavy (non-hydrogen) atoms. The van der Waals surface area contributed by atoms with Gasteiger partial charge in [0, 0.05) is 0 Å². The molecule has 0 fully saturated rings. The first-order valence-corrected chi connectivity index (χ1v) is 6.79. The molecule has 0 aliphatic carbocycles. The monoisotopic (exact) mass is 244 g/mol. The van der Waals surface area contributed by atoms with Crippen LogP contribution in [0.4, 0.5) is 0 Å². The zero-order valence-electron chi connectivity index (χ0n) is 9.18. The molecule has 0 radical (unpaired) electrons. The summed E-state index contributed by atoms with van der Waals surface area (Å²) in [6, 6.07) is 4.59. The summed E-state index contributed by atoms with van der Waals surface area (Å²) in [5.74, 6) is -0.237. The lowest BCUT2D eigenvalue weighted by molar-refractivity contribution is 0.466. The number of aromatic hydroxyl groups is 1. The maximum absolute atomic E-state index is 10.7. The standard InChI is InChI=1S/C11H16O4S/c1-2-3-4-10-7-9(5-6-11(10)12)8-16(13,14)15/h5-7,12H,2-4,8H2,1H3,(H,13,14,15). The number of hydrogen-bond donors (Lipinski definition) is 2. The van der Waals surface area contributed by atoms with Crippen molar-refractivity contribution in [1.82, 2.24) is 0 Å². The minimum Gasteiger partial charge on any atom is -0.508 e. The van der Waals surface area contributed by atoms with E-state index >= 15 is 0 Å². The molecule has 0 amide bonds. The number of rotatable bonds is 5. The molecule has 0 aliphatic heterocycles. The summed E-state index contributed by atoms with van der Waals surface area (Å²) < 4.78 is 30.1. The third-order valence-electron chi connectivity index (χ3n) is 2.29. The summed E-state index contributed by atoms with van der Waals surface area (Å²) >= 11 is 0. The van der Waals surface area contributed by atoms with Gasteiger partial charge in [0.2, 0.25) is 0 Å². The second-order valence-electron chi connectivity index (χ2n) is 3.79. The van der Waals surface area contributed by atoms with Crippen molar-refractivity contribution >= 4 is 10.1 Å². The van der Waals surface area contributed by atoms with Crippen molar-refractivity contribution in [2.75, 3.05) is 0 Å². The molecule has 5 heteroatoms. The Bertz CT molecular complexity index is 451. The van der Waals surface area contributed by atoms with Crippen LogP contribution in [-0.4, -0.2) is 18.1 Å². The average Bonchev–Trinajstić information content (AvgIpc) is 2.17. The molecule has 4 nitrogen and oxygen atoms in total. The lowest BCUT2D eigenvalue weighted by Crippen LogP contribution is -2.02. The van der Waals surface area contributed by atoms with Gasteiger partial charge in [0.25, 0.3) is 10.1 Å². The minimum absolute atomic E-state index is 0.174. The van der Waals surface area contributed by atoms with Crippen LogP contribution in [0.15, 0.2) is 18.2 Å². The van der Waals surface area contributed by atoms with E-state index in [2.05, 4.69) is 0 Å². The molecule has 1 rings (SSSR count). The molecule has 1 aromatic carbocycles.